The molecular formula is C28H35N3O3. The highest BCUT2D eigenvalue weighted by Gasteiger charge is 2.16. The topological polar surface area (TPSA) is 66.6 Å². The zero-order chi connectivity index (χ0) is 23.9. The van der Waals surface area contributed by atoms with Crippen LogP contribution in [0.1, 0.15) is 37.1 Å². The highest BCUT2D eigenvalue weighted by Crippen LogP contribution is 2.31. The van der Waals surface area contributed by atoms with Gasteiger partial charge >= 0.3 is 0 Å². The Morgan fingerprint density at radius 2 is 2.06 bits per heavy atom. The van der Waals surface area contributed by atoms with Crippen LogP contribution in [0.5, 0.6) is 11.5 Å². The Morgan fingerprint density at radius 1 is 1.21 bits per heavy atom. The number of benzene rings is 2. The second-order valence-electron chi connectivity index (χ2n) is 9.11. The van der Waals surface area contributed by atoms with E-state index in [1.165, 1.54) is 22.2 Å². The number of rotatable bonds is 3. The number of aromatic nitrogens is 1. The third kappa shape index (κ3) is 6.00. The van der Waals surface area contributed by atoms with E-state index in [0.717, 1.165) is 54.9 Å². The molecule has 1 aromatic heterocycles. The summed E-state index contributed by atoms with van der Waals surface area (Å²) in [6.07, 6.45) is 4.52. The Kier molecular flexibility index (Phi) is 7.91. The molecule has 0 saturated heterocycles. The number of nitrogens with zero attached hydrogens (tertiary/aromatic N) is 1. The summed E-state index contributed by atoms with van der Waals surface area (Å²) in [5.74, 6) is 1.56. The molecule has 1 aliphatic rings. The number of carbonyl (C=O) groups excluding carboxylic acids is 1. The fourth-order valence-corrected chi connectivity index (χ4v) is 4.44. The minimum atomic E-state index is 0.0587. The van der Waals surface area contributed by atoms with Crippen molar-refractivity contribution in [2.75, 3.05) is 39.9 Å². The number of hydrogen-bond acceptors (Lipinski definition) is 4. The predicted molar refractivity (Wildman–Crippen MR) is 137 cm³/mol. The Labute approximate surface area is 201 Å². The van der Waals surface area contributed by atoms with Crippen LogP contribution in [-0.4, -0.2) is 55.7 Å². The summed E-state index contributed by atoms with van der Waals surface area (Å²) >= 11 is 0. The van der Waals surface area contributed by atoms with Crippen LogP contribution in [0.15, 0.2) is 54.1 Å². The summed E-state index contributed by atoms with van der Waals surface area (Å²) in [7, 11) is 1.67. The molecule has 0 unspecified atom stereocenters. The number of allylic oxidation sites excluding steroid dienone is 1. The zero-order valence-corrected chi connectivity index (χ0v) is 20.4. The van der Waals surface area contributed by atoms with Gasteiger partial charge in [-0.15, -0.1) is 0 Å². The molecule has 0 fully saturated rings. The third-order valence-corrected chi connectivity index (χ3v) is 6.21. The molecule has 0 atom stereocenters. The highest BCUT2D eigenvalue weighted by atomic mass is 16.5. The molecule has 3 aromatic rings. The number of carbonyl (C=O) groups is 1. The number of para-hydroxylation sites is 1. The Bertz CT molecular complexity index is 1160. The van der Waals surface area contributed by atoms with Gasteiger partial charge in [-0.1, -0.05) is 35.9 Å². The van der Waals surface area contributed by atoms with Crippen molar-refractivity contribution in [1.29, 1.82) is 0 Å². The Morgan fingerprint density at radius 3 is 2.88 bits per heavy atom. The van der Waals surface area contributed by atoms with E-state index >= 15 is 0 Å². The van der Waals surface area contributed by atoms with Crippen LogP contribution in [0.4, 0.5) is 0 Å². The first-order valence-electron chi connectivity index (χ1n) is 12.0. The number of hydrogen-bond donors (Lipinski definition) is 2. The van der Waals surface area contributed by atoms with Crippen molar-refractivity contribution in [3.8, 4) is 11.5 Å². The van der Waals surface area contributed by atoms with Crippen LogP contribution < -0.4 is 14.8 Å². The van der Waals surface area contributed by atoms with Crippen molar-refractivity contribution >= 4 is 16.8 Å². The van der Waals surface area contributed by atoms with Gasteiger partial charge in [0.25, 0.3) is 0 Å². The number of methoxy groups -OCH3 is 1. The van der Waals surface area contributed by atoms with Gasteiger partial charge in [0.05, 0.1) is 20.3 Å². The van der Waals surface area contributed by atoms with E-state index in [2.05, 4.69) is 65.5 Å². The second kappa shape index (κ2) is 11.3. The van der Waals surface area contributed by atoms with E-state index in [9.17, 15) is 4.79 Å². The maximum Gasteiger partial charge on any atom is 0.234 e. The zero-order valence-electron chi connectivity index (χ0n) is 20.4. The molecule has 2 aromatic carbocycles. The van der Waals surface area contributed by atoms with Crippen LogP contribution in [0, 0.1) is 0 Å². The van der Waals surface area contributed by atoms with E-state index in [1.807, 2.05) is 12.1 Å². The maximum absolute atomic E-state index is 12.7. The molecule has 2 N–H and O–H groups in total. The first-order chi connectivity index (χ1) is 16.5. The molecule has 6 nitrogen and oxygen atoms in total. The van der Waals surface area contributed by atoms with Gasteiger partial charge in [0, 0.05) is 42.7 Å². The van der Waals surface area contributed by atoms with Crippen LogP contribution >= 0.6 is 0 Å². The number of H-pyrrole nitrogens is 1. The van der Waals surface area contributed by atoms with E-state index in [0.29, 0.717) is 19.7 Å². The molecule has 0 radical (unpaired) electrons. The minimum absolute atomic E-state index is 0.0587. The van der Waals surface area contributed by atoms with E-state index in [1.54, 1.807) is 7.11 Å². The summed E-state index contributed by atoms with van der Waals surface area (Å²) in [6.45, 7) is 7.25. The van der Waals surface area contributed by atoms with E-state index < -0.39 is 0 Å². The summed E-state index contributed by atoms with van der Waals surface area (Å²) in [5.41, 5.74) is 5.95. The smallest absolute Gasteiger partial charge is 0.234 e. The molecule has 34 heavy (non-hydrogen) atoms. The molecule has 1 amide bonds. The number of fused-ring (bicyclic) bond motifs is 5. The van der Waals surface area contributed by atoms with Crippen molar-refractivity contribution in [1.82, 2.24) is 15.2 Å². The number of amides is 1. The summed E-state index contributed by atoms with van der Waals surface area (Å²) < 4.78 is 11.7. The minimum Gasteiger partial charge on any atom is -0.493 e. The molecule has 0 spiro atoms. The van der Waals surface area contributed by atoms with Gasteiger partial charge < -0.3 is 19.8 Å². The van der Waals surface area contributed by atoms with Gasteiger partial charge in [-0.05, 0) is 56.0 Å². The monoisotopic (exact) mass is 461 g/mol. The quantitative estimate of drug-likeness (QED) is 0.565. The van der Waals surface area contributed by atoms with Gasteiger partial charge in [-0.2, -0.15) is 0 Å². The lowest BCUT2D eigenvalue weighted by atomic mass is 10.0. The SMILES string of the molecule is COc1ccc2cc1OCCCN(CC=C(C)C)CC(=O)NCCc1c([nH]c3ccccc13)C2. The lowest BCUT2D eigenvalue weighted by Crippen LogP contribution is -2.39. The van der Waals surface area contributed by atoms with Gasteiger partial charge in [-0.3, -0.25) is 9.69 Å². The molecule has 1 aliphatic heterocycles. The molecule has 2 bridgehead atoms. The van der Waals surface area contributed by atoms with Crippen molar-refractivity contribution in [3.05, 3.63) is 70.9 Å². The van der Waals surface area contributed by atoms with E-state index in [-0.39, 0.29) is 5.91 Å². The van der Waals surface area contributed by atoms with Crippen LogP contribution in [-0.2, 0) is 17.6 Å². The summed E-state index contributed by atoms with van der Waals surface area (Å²) in [4.78, 5) is 18.5. The van der Waals surface area contributed by atoms with Crippen molar-refractivity contribution in [3.63, 3.8) is 0 Å². The van der Waals surface area contributed by atoms with Crippen LogP contribution in [0.3, 0.4) is 0 Å². The lowest BCUT2D eigenvalue weighted by molar-refractivity contribution is -0.122. The van der Waals surface area contributed by atoms with Gasteiger partial charge in [0.1, 0.15) is 0 Å². The first-order valence-corrected chi connectivity index (χ1v) is 12.0. The molecule has 6 heteroatoms. The Hall–Kier alpha value is -3.25. The first kappa shape index (κ1) is 23.9. The number of nitrogens with one attached hydrogen (secondary N) is 2. The van der Waals surface area contributed by atoms with Crippen molar-refractivity contribution in [2.24, 2.45) is 0 Å². The lowest BCUT2D eigenvalue weighted by Gasteiger charge is -2.21. The summed E-state index contributed by atoms with van der Waals surface area (Å²) in [6, 6.07) is 14.5. The van der Waals surface area contributed by atoms with E-state index in [4.69, 9.17) is 9.47 Å². The van der Waals surface area contributed by atoms with Gasteiger partial charge in [-0.25, -0.2) is 0 Å². The van der Waals surface area contributed by atoms with Crippen molar-refractivity contribution < 1.29 is 14.3 Å². The third-order valence-electron chi connectivity index (χ3n) is 6.21. The largest absolute Gasteiger partial charge is 0.493 e. The average molecular weight is 462 g/mol. The van der Waals surface area contributed by atoms with Gasteiger partial charge in [0.2, 0.25) is 5.91 Å². The maximum atomic E-state index is 12.7. The van der Waals surface area contributed by atoms with Crippen molar-refractivity contribution in [2.45, 2.75) is 33.1 Å². The standard InChI is InChI=1S/C28H35N3O3/c1-20(2)12-15-31-14-6-16-34-27-18-21(9-10-26(27)33-3)17-25-23(11-13-29-28(32)19-31)22-7-4-5-8-24(22)30-25/h4-5,7-10,12,18,30H,6,11,13-17,19H2,1-3H3,(H,29,32). The molecule has 0 saturated carbocycles. The molecule has 4 rings (SSSR count). The fourth-order valence-electron chi connectivity index (χ4n) is 4.44. The number of aromatic amines is 1. The van der Waals surface area contributed by atoms with Crippen LogP contribution in [0.25, 0.3) is 10.9 Å². The molecule has 180 valence electrons. The highest BCUT2D eigenvalue weighted by molar-refractivity contribution is 5.85. The fraction of sp³-hybridized carbons (Fsp3) is 0.393. The Balaban J connectivity index is 1.64. The predicted octanol–water partition coefficient (Wildman–Crippen LogP) is 4.48. The van der Waals surface area contributed by atoms with Crippen LogP contribution in [0.2, 0.25) is 0 Å². The second-order valence-corrected chi connectivity index (χ2v) is 9.11. The normalized spacial score (nSPS) is 15.8. The number of ether oxygens (including phenoxy) is 2. The molecule has 2 heterocycles. The summed E-state index contributed by atoms with van der Waals surface area (Å²) in [5, 5.41) is 4.35. The van der Waals surface area contributed by atoms with Gasteiger partial charge in [0.15, 0.2) is 11.5 Å². The molecule has 0 aliphatic carbocycles. The molecular weight excluding hydrogens is 426 g/mol. The average Bonchev–Trinajstić information content (AvgIpc) is 3.16.